The first-order valence-corrected chi connectivity index (χ1v) is 15.6. The molecule has 5 nitrogen and oxygen atoms in total. The van der Waals surface area contributed by atoms with Gasteiger partial charge < -0.3 is 14.8 Å². The molecule has 0 aromatic heterocycles. The summed E-state index contributed by atoms with van der Waals surface area (Å²) in [7, 11) is 0. The van der Waals surface area contributed by atoms with Crippen LogP contribution < -0.4 is 21.2 Å². The van der Waals surface area contributed by atoms with E-state index in [4.69, 9.17) is 9.47 Å². The lowest BCUT2D eigenvalue weighted by Gasteiger charge is -2.35. The number of alkyl carbamates (subject to hydrolysis) is 1. The van der Waals surface area contributed by atoms with Gasteiger partial charge in [0.2, 0.25) is 0 Å². The van der Waals surface area contributed by atoms with Crippen LogP contribution in [0.1, 0.15) is 44.9 Å². The van der Waals surface area contributed by atoms with E-state index in [0.717, 1.165) is 27.0 Å². The van der Waals surface area contributed by atoms with Crippen molar-refractivity contribution in [1.82, 2.24) is 5.32 Å². The van der Waals surface area contributed by atoms with Crippen molar-refractivity contribution in [3.63, 3.8) is 0 Å². The van der Waals surface area contributed by atoms with Gasteiger partial charge in [0.05, 0.1) is 17.9 Å². The first-order chi connectivity index (χ1) is 19.7. The number of carbonyl (C=O) groups is 2. The first kappa shape index (κ1) is 29.9. The number of rotatable bonds is 8. The number of nitrogens with one attached hydrogen (secondary N) is 1. The second kappa shape index (κ2) is 13.1. The maximum atomic E-state index is 14.5. The molecule has 0 aliphatic heterocycles. The third kappa shape index (κ3) is 6.81. The minimum Gasteiger partial charge on any atom is -0.463 e. The van der Waals surface area contributed by atoms with E-state index in [1.165, 1.54) is 0 Å². The number of hydrogen-bond acceptors (Lipinski definition) is 4. The highest BCUT2D eigenvalue weighted by atomic mass is 31.2. The highest BCUT2D eigenvalue weighted by Gasteiger charge is 2.39. The van der Waals surface area contributed by atoms with Crippen LogP contribution in [0.4, 0.5) is 4.79 Å². The lowest BCUT2D eigenvalue weighted by Crippen LogP contribution is -2.44. The molecule has 0 bridgehead atoms. The Bertz CT molecular complexity index is 1420. The van der Waals surface area contributed by atoms with Gasteiger partial charge in [-0.2, -0.15) is 0 Å². The number of amides is 1. The van der Waals surface area contributed by atoms with Crippen LogP contribution in [-0.2, 0) is 14.3 Å². The fourth-order valence-electron chi connectivity index (χ4n) is 5.06. The highest BCUT2D eigenvalue weighted by molar-refractivity contribution is 7.96. The normalized spacial score (nSPS) is 12.2. The predicted octanol–water partition coefficient (Wildman–Crippen LogP) is 6.29. The maximum absolute atomic E-state index is 14.5. The van der Waals surface area contributed by atoms with Gasteiger partial charge in [-0.05, 0) is 63.0 Å². The minimum atomic E-state index is -2.92. The Morgan fingerprint density at radius 2 is 1.24 bits per heavy atom. The number of benzene rings is 4. The van der Waals surface area contributed by atoms with Crippen LogP contribution in [0.15, 0.2) is 115 Å². The topological polar surface area (TPSA) is 64.6 Å². The van der Waals surface area contributed by atoms with Crippen molar-refractivity contribution < 1.29 is 19.1 Å². The van der Waals surface area contributed by atoms with E-state index in [-0.39, 0.29) is 6.61 Å². The SMILES string of the molecule is CCOC(=O)C([C@H](NC(=O)OC(C)(C)C)c1cccc(C)c1)=P(c1ccccc1)(c1ccccc1)c1ccccc1. The molecule has 1 N–H and O–H groups in total. The molecule has 1 atom stereocenters. The van der Waals surface area contributed by atoms with Crippen LogP contribution in [0.5, 0.6) is 0 Å². The molecule has 4 aromatic carbocycles. The van der Waals surface area contributed by atoms with Crippen LogP contribution in [0.25, 0.3) is 0 Å². The third-order valence-electron chi connectivity index (χ3n) is 6.59. The molecule has 1 amide bonds. The Kier molecular flexibility index (Phi) is 9.52. The van der Waals surface area contributed by atoms with Crippen LogP contribution in [0.3, 0.4) is 0 Å². The molecule has 0 saturated carbocycles. The fourth-order valence-corrected chi connectivity index (χ4v) is 9.58. The summed E-state index contributed by atoms with van der Waals surface area (Å²) in [6.45, 7) is 6.51. The summed E-state index contributed by atoms with van der Waals surface area (Å²) in [5.74, 6) is -0.458. The summed E-state index contributed by atoms with van der Waals surface area (Å²) < 4.78 is 11.6. The summed E-state index contributed by atoms with van der Waals surface area (Å²) in [5.41, 5.74) is 1.05. The van der Waals surface area contributed by atoms with Gasteiger partial charge in [-0.15, -0.1) is 0 Å². The van der Waals surface area contributed by atoms with E-state index in [1.54, 1.807) is 6.92 Å². The van der Waals surface area contributed by atoms with Crippen LogP contribution in [0, 0.1) is 6.92 Å². The van der Waals surface area contributed by atoms with E-state index in [0.29, 0.717) is 5.29 Å². The van der Waals surface area contributed by atoms with Crippen LogP contribution in [-0.4, -0.2) is 29.6 Å². The molecule has 0 radical (unpaired) electrons. The molecule has 0 aliphatic carbocycles. The van der Waals surface area contributed by atoms with Crippen molar-refractivity contribution in [3.8, 4) is 0 Å². The third-order valence-corrected chi connectivity index (χ3v) is 11.0. The lowest BCUT2D eigenvalue weighted by atomic mass is 10.0. The van der Waals surface area contributed by atoms with Crippen molar-refractivity contribution in [2.24, 2.45) is 0 Å². The summed E-state index contributed by atoms with van der Waals surface area (Å²) in [6, 6.07) is 37.2. The molecular formula is C35H38NO4P. The Morgan fingerprint density at radius 3 is 1.66 bits per heavy atom. The zero-order valence-corrected chi connectivity index (χ0v) is 25.2. The molecular weight excluding hydrogens is 529 g/mol. The smallest absolute Gasteiger partial charge is 0.408 e. The Hall–Kier alpha value is -4.08. The molecule has 0 saturated heterocycles. The van der Waals surface area contributed by atoms with E-state index in [9.17, 15) is 9.59 Å². The van der Waals surface area contributed by atoms with Gasteiger partial charge in [-0.3, -0.25) is 0 Å². The van der Waals surface area contributed by atoms with Gasteiger partial charge in [-0.25, -0.2) is 9.59 Å². The molecule has 4 rings (SSSR count). The Labute approximate surface area is 243 Å². The largest absolute Gasteiger partial charge is 0.463 e. The summed E-state index contributed by atoms with van der Waals surface area (Å²) in [5, 5.41) is 6.50. The van der Waals surface area contributed by atoms with Crippen molar-refractivity contribution in [1.29, 1.82) is 0 Å². The molecule has 4 aromatic rings. The van der Waals surface area contributed by atoms with E-state index < -0.39 is 30.6 Å². The number of aryl methyl sites for hydroxylation is 1. The summed E-state index contributed by atoms with van der Waals surface area (Å²) in [4.78, 5) is 27.9. The Morgan fingerprint density at radius 1 is 0.756 bits per heavy atom. The monoisotopic (exact) mass is 567 g/mol. The second-order valence-electron chi connectivity index (χ2n) is 10.8. The van der Waals surface area contributed by atoms with Crippen LogP contribution >= 0.6 is 6.89 Å². The number of hydrogen-bond donors (Lipinski definition) is 1. The van der Waals surface area contributed by atoms with Gasteiger partial charge in [0.15, 0.2) is 0 Å². The van der Waals surface area contributed by atoms with E-state index in [1.807, 2.05) is 107 Å². The van der Waals surface area contributed by atoms with Crippen molar-refractivity contribution in [2.45, 2.75) is 46.3 Å². The van der Waals surface area contributed by atoms with Crippen molar-refractivity contribution >= 4 is 40.2 Å². The zero-order chi connectivity index (χ0) is 29.5. The number of esters is 1. The van der Waals surface area contributed by atoms with Gasteiger partial charge in [-0.1, -0.05) is 121 Å². The molecule has 6 heteroatoms. The average molecular weight is 568 g/mol. The number of carbonyl (C=O) groups excluding carboxylic acids is 2. The highest BCUT2D eigenvalue weighted by Crippen LogP contribution is 2.49. The van der Waals surface area contributed by atoms with Crippen LogP contribution in [0.2, 0.25) is 0 Å². The standard InChI is InChI=1S/C35H38NO4P/c1-6-39-33(37)32(31(27-18-16-17-26(2)25-27)36-34(38)40-35(3,4)5)41(28-19-10-7-11-20-28,29-21-12-8-13-22-29)30-23-14-9-15-24-30/h7-25,31H,6H2,1-5H3,(H,36,38)/t31-/m1/s1. The van der Waals surface area contributed by atoms with Gasteiger partial charge >= 0.3 is 12.1 Å². The lowest BCUT2D eigenvalue weighted by molar-refractivity contribution is -0.135. The predicted molar refractivity (Wildman–Crippen MR) is 170 cm³/mol. The van der Waals surface area contributed by atoms with Crippen molar-refractivity contribution in [2.75, 3.05) is 6.61 Å². The second-order valence-corrected chi connectivity index (χ2v) is 14.1. The van der Waals surface area contributed by atoms with Gasteiger partial charge in [0.25, 0.3) is 0 Å². The molecule has 41 heavy (non-hydrogen) atoms. The average Bonchev–Trinajstić information content (AvgIpc) is 2.95. The van der Waals surface area contributed by atoms with E-state index >= 15 is 0 Å². The van der Waals surface area contributed by atoms with E-state index in [2.05, 4.69) is 41.7 Å². The first-order valence-electron chi connectivity index (χ1n) is 13.8. The van der Waals surface area contributed by atoms with Crippen molar-refractivity contribution in [3.05, 3.63) is 126 Å². The molecule has 0 unspecified atom stereocenters. The number of ether oxygens (including phenoxy) is 2. The summed E-state index contributed by atoms with van der Waals surface area (Å²) >= 11 is 0. The molecule has 0 fully saturated rings. The Balaban J connectivity index is 2.24. The maximum Gasteiger partial charge on any atom is 0.408 e. The zero-order valence-electron chi connectivity index (χ0n) is 24.3. The molecule has 0 spiro atoms. The minimum absolute atomic E-state index is 0.188. The van der Waals surface area contributed by atoms with Gasteiger partial charge in [0, 0.05) is 0 Å². The molecule has 0 aliphatic rings. The molecule has 212 valence electrons. The molecule has 0 heterocycles. The summed E-state index contributed by atoms with van der Waals surface area (Å²) in [6.07, 6.45) is -0.613. The quantitative estimate of drug-likeness (QED) is 0.201. The van der Waals surface area contributed by atoms with Gasteiger partial charge in [0.1, 0.15) is 5.60 Å². The fraction of sp³-hybridized carbons (Fsp3) is 0.229.